The standard InChI is InChI=1S/C15H21NO2/c1-18-15(17)13-7-9-14(10-8-13)16-11-12-5-3-2-4-6-12/h2-6,13-14,16H,7-11H2,1H3/t13-,14+. The van der Waals surface area contributed by atoms with Crippen LogP contribution in [0.2, 0.25) is 0 Å². The van der Waals surface area contributed by atoms with Crippen molar-refractivity contribution in [2.45, 2.75) is 38.3 Å². The van der Waals surface area contributed by atoms with Crippen LogP contribution < -0.4 is 5.32 Å². The zero-order chi connectivity index (χ0) is 12.8. The van der Waals surface area contributed by atoms with E-state index < -0.39 is 0 Å². The molecule has 0 atom stereocenters. The van der Waals surface area contributed by atoms with Crippen LogP contribution in [-0.4, -0.2) is 19.1 Å². The van der Waals surface area contributed by atoms with E-state index in [0.29, 0.717) is 6.04 Å². The number of esters is 1. The summed E-state index contributed by atoms with van der Waals surface area (Å²) < 4.78 is 4.79. The molecule has 0 spiro atoms. The van der Waals surface area contributed by atoms with Crippen LogP contribution in [0.1, 0.15) is 31.2 Å². The smallest absolute Gasteiger partial charge is 0.308 e. The van der Waals surface area contributed by atoms with Crippen molar-refractivity contribution in [2.24, 2.45) is 5.92 Å². The molecule has 0 radical (unpaired) electrons. The average Bonchev–Trinajstić information content (AvgIpc) is 2.46. The van der Waals surface area contributed by atoms with Gasteiger partial charge >= 0.3 is 5.97 Å². The maximum Gasteiger partial charge on any atom is 0.308 e. The molecular formula is C15H21NO2. The fourth-order valence-corrected chi connectivity index (χ4v) is 2.56. The molecule has 0 heterocycles. The average molecular weight is 247 g/mol. The highest BCUT2D eigenvalue weighted by atomic mass is 16.5. The zero-order valence-corrected chi connectivity index (χ0v) is 10.9. The highest BCUT2D eigenvalue weighted by molar-refractivity contribution is 5.72. The molecule has 1 aliphatic rings. The Kier molecular flexibility index (Phi) is 4.76. The van der Waals surface area contributed by atoms with E-state index in [1.54, 1.807) is 0 Å². The van der Waals surface area contributed by atoms with Crippen LogP contribution in [0.4, 0.5) is 0 Å². The summed E-state index contributed by atoms with van der Waals surface area (Å²) in [5.74, 6) is 0.0706. The molecule has 1 N–H and O–H groups in total. The maximum atomic E-state index is 11.4. The van der Waals surface area contributed by atoms with E-state index in [9.17, 15) is 4.79 Å². The molecule has 1 aromatic carbocycles. The molecule has 1 aliphatic carbocycles. The van der Waals surface area contributed by atoms with Gasteiger partial charge in [-0.2, -0.15) is 0 Å². The van der Waals surface area contributed by atoms with Crippen LogP contribution in [-0.2, 0) is 16.1 Å². The van der Waals surface area contributed by atoms with Crippen molar-refractivity contribution in [3.63, 3.8) is 0 Å². The molecule has 1 saturated carbocycles. The molecular weight excluding hydrogens is 226 g/mol. The molecule has 3 heteroatoms. The van der Waals surface area contributed by atoms with E-state index in [0.717, 1.165) is 32.2 Å². The number of carbonyl (C=O) groups is 1. The predicted octanol–water partition coefficient (Wildman–Crippen LogP) is 2.51. The topological polar surface area (TPSA) is 38.3 Å². The van der Waals surface area contributed by atoms with Gasteiger partial charge < -0.3 is 10.1 Å². The second-order valence-corrected chi connectivity index (χ2v) is 4.94. The van der Waals surface area contributed by atoms with Crippen molar-refractivity contribution in [1.82, 2.24) is 5.32 Å². The van der Waals surface area contributed by atoms with E-state index in [-0.39, 0.29) is 11.9 Å². The van der Waals surface area contributed by atoms with Crippen molar-refractivity contribution < 1.29 is 9.53 Å². The largest absolute Gasteiger partial charge is 0.469 e. The first-order valence-electron chi connectivity index (χ1n) is 6.64. The molecule has 1 fully saturated rings. The summed E-state index contributed by atoms with van der Waals surface area (Å²) in [5.41, 5.74) is 1.31. The Labute approximate surface area is 109 Å². The van der Waals surface area contributed by atoms with Gasteiger partial charge in [-0.3, -0.25) is 4.79 Å². The third kappa shape index (κ3) is 3.57. The van der Waals surface area contributed by atoms with Gasteiger partial charge in [0.25, 0.3) is 0 Å². The Morgan fingerprint density at radius 3 is 2.50 bits per heavy atom. The number of hydrogen-bond donors (Lipinski definition) is 1. The Balaban J connectivity index is 1.72. The van der Waals surface area contributed by atoms with Crippen LogP contribution in [0.25, 0.3) is 0 Å². The van der Waals surface area contributed by atoms with Gasteiger partial charge in [0.05, 0.1) is 13.0 Å². The second-order valence-electron chi connectivity index (χ2n) is 4.94. The summed E-state index contributed by atoms with van der Waals surface area (Å²) in [7, 11) is 1.47. The van der Waals surface area contributed by atoms with Gasteiger partial charge in [0.2, 0.25) is 0 Å². The van der Waals surface area contributed by atoms with Gasteiger partial charge in [-0.05, 0) is 31.2 Å². The number of carbonyl (C=O) groups excluding carboxylic acids is 1. The Morgan fingerprint density at radius 2 is 1.89 bits per heavy atom. The number of ether oxygens (including phenoxy) is 1. The van der Waals surface area contributed by atoms with Crippen molar-refractivity contribution in [1.29, 1.82) is 0 Å². The fourth-order valence-electron chi connectivity index (χ4n) is 2.56. The quantitative estimate of drug-likeness (QED) is 0.831. The van der Waals surface area contributed by atoms with Gasteiger partial charge in [-0.1, -0.05) is 30.3 Å². The lowest BCUT2D eigenvalue weighted by Gasteiger charge is -2.27. The number of methoxy groups -OCH3 is 1. The first-order chi connectivity index (χ1) is 8.79. The minimum absolute atomic E-state index is 0.0449. The van der Waals surface area contributed by atoms with Crippen LogP contribution in [0.15, 0.2) is 30.3 Å². The van der Waals surface area contributed by atoms with E-state index in [1.165, 1.54) is 12.7 Å². The highest BCUT2D eigenvalue weighted by Gasteiger charge is 2.26. The molecule has 18 heavy (non-hydrogen) atoms. The van der Waals surface area contributed by atoms with Crippen molar-refractivity contribution >= 4 is 5.97 Å². The Hall–Kier alpha value is -1.35. The number of benzene rings is 1. The van der Waals surface area contributed by atoms with Crippen molar-refractivity contribution in [3.05, 3.63) is 35.9 Å². The van der Waals surface area contributed by atoms with Crippen molar-refractivity contribution in [3.8, 4) is 0 Å². The Morgan fingerprint density at radius 1 is 1.22 bits per heavy atom. The summed E-state index contributed by atoms with van der Waals surface area (Å²) in [6.07, 6.45) is 4.01. The summed E-state index contributed by atoms with van der Waals surface area (Å²) in [6, 6.07) is 11.0. The van der Waals surface area contributed by atoms with E-state index >= 15 is 0 Å². The summed E-state index contributed by atoms with van der Waals surface area (Å²) in [5, 5.41) is 3.56. The summed E-state index contributed by atoms with van der Waals surface area (Å²) >= 11 is 0. The fraction of sp³-hybridized carbons (Fsp3) is 0.533. The second kappa shape index (κ2) is 6.55. The van der Waals surface area contributed by atoms with E-state index in [2.05, 4.69) is 29.6 Å². The van der Waals surface area contributed by atoms with Crippen LogP contribution in [0, 0.1) is 5.92 Å². The van der Waals surface area contributed by atoms with Gasteiger partial charge in [0.15, 0.2) is 0 Å². The molecule has 3 nitrogen and oxygen atoms in total. The maximum absolute atomic E-state index is 11.4. The molecule has 0 unspecified atom stereocenters. The van der Waals surface area contributed by atoms with Gasteiger partial charge in [0, 0.05) is 12.6 Å². The van der Waals surface area contributed by atoms with Crippen LogP contribution >= 0.6 is 0 Å². The Bertz CT molecular complexity index is 369. The molecule has 0 saturated heterocycles. The first kappa shape index (κ1) is 13.1. The lowest BCUT2D eigenvalue weighted by Crippen LogP contribution is -2.34. The van der Waals surface area contributed by atoms with Crippen molar-refractivity contribution in [2.75, 3.05) is 7.11 Å². The van der Waals surface area contributed by atoms with Gasteiger partial charge in [-0.25, -0.2) is 0 Å². The zero-order valence-electron chi connectivity index (χ0n) is 10.9. The molecule has 0 amide bonds. The number of nitrogens with one attached hydrogen (secondary N) is 1. The summed E-state index contributed by atoms with van der Waals surface area (Å²) in [4.78, 5) is 11.4. The minimum atomic E-state index is -0.0449. The third-order valence-corrected chi connectivity index (χ3v) is 3.70. The van der Waals surface area contributed by atoms with E-state index in [4.69, 9.17) is 4.74 Å². The minimum Gasteiger partial charge on any atom is -0.469 e. The predicted molar refractivity (Wildman–Crippen MR) is 71.0 cm³/mol. The normalized spacial score (nSPS) is 23.6. The monoisotopic (exact) mass is 247 g/mol. The number of rotatable bonds is 4. The lowest BCUT2D eigenvalue weighted by atomic mass is 9.86. The van der Waals surface area contributed by atoms with Gasteiger partial charge in [-0.15, -0.1) is 0 Å². The summed E-state index contributed by atoms with van der Waals surface area (Å²) in [6.45, 7) is 0.911. The molecule has 1 aromatic rings. The van der Waals surface area contributed by atoms with Crippen LogP contribution in [0.3, 0.4) is 0 Å². The third-order valence-electron chi connectivity index (χ3n) is 3.70. The van der Waals surface area contributed by atoms with Crippen LogP contribution in [0.5, 0.6) is 0 Å². The first-order valence-corrected chi connectivity index (χ1v) is 6.64. The lowest BCUT2D eigenvalue weighted by molar-refractivity contribution is -0.146. The van der Waals surface area contributed by atoms with Gasteiger partial charge in [0.1, 0.15) is 0 Å². The number of hydrogen-bond acceptors (Lipinski definition) is 3. The SMILES string of the molecule is COC(=O)[C@H]1CC[C@@H](NCc2ccccc2)CC1. The van der Waals surface area contributed by atoms with E-state index in [1.807, 2.05) is 6.07 Å². The molecule has 0 aromatic heterocycles. The molecule has 2 rings (SSSR count). The highest BCUT2D eigenvalue weighted by Crippen LogP contribution is 2.25. The molecule has 0 aliphatic heterocycles. The molecule has 0 bridgehead atoms. The molecule has 98 valence electrons.